The van der Waals surface area contributed by atoms with Crippen LogP contribution in [0, 0.1) is 12.3 Å². The highest BCUT2D eigenvalue weighted by atomic mass is 14.7. The Morgan fingerprint density at radius 2 is 1.51 bits per heavy atom. The molecule has 0 aliphatic heterocycles. The van der Waals surface area contributed by atoms with Crippen LogP contribution in [0.25, 0.3) is 43.6 Å². The first kappa shape index (κ1) is 24.1. The molecule has 0 bridgehead atoms. The number of rotatable bonds is 2. The standard InChI is InChI=1S/C35H38N2/c1-22-19-30-27-15-18-36-32(25-20-24-9-7-8-10-26(24)31(21-25)34(2,3)4)28(27)11-12-29(30)33(37-22)23-13-16-35(5,6)17-14-23/h7-12,15,18-21,23H,13-14,16-17H2,1-6H3. The first-order valence-corrected chi connectivity index (χ1v) is 13.8. The Labute approximate surface area is 221 Å². The second kappa shape index (κ2) is 8.65. The lowest BCUT2D eigenvalue weighted by molar-refractivity contribution is 0.223. The van der Waals surface area contributed by atoms with Gasteiger partial charge in [0.2, 0.25) is 0 Å². The zero-order valence-electron chi connectivity index (χ0n) is 23.2. The van der Waals surface area contributed by atoms with Gasteiger partial charge in [-0.2, -0.15) is 0 Å². The van der Waals surface area contributed by atoms with Gasteiger partial charge in [0.15, 0.2) is 0 Å². The molecular weight excluding hydrogens is 448 g/mol. The van der Waals surface area contributed by atoms with Crippen LogP contribution >= 0.6 is 0 Å². The first-order chi connectivity index (χ1) is 17.6. The van der Waals surface area contributed by atoms with E-state index in [9.17, 15) is 0 Å². The zero-order chi connectivity index (χ0) is 25.9. The van der Waals surface area contributed by atoms with Crippen molar-refractivity contribution in [1.29, 1.82) is 0 Å². The number of hydrogen-bond acceptors (Lipinski definition) is 2. The van der Waals surface area contributed by atoms with E-state index in [1.54, 1.807) is 0 Å². The Kier molecular flexibility index (Phi) is 5.64. The predicted molar refractivity (Wildman–Crippen MR) is 158 cm³/mol. The highest BCUT2D eigenvalue weighted by molar-refractivity contribution is 6.12. The second-order valence-corrected chi connectivity index (χ2v) is 13.0. The summed E-state index contributed by atoms with van der Waals surface area (Å²) in [5, 5.41) is 7.71. The van der Waals surface area contributed by atoms with Gasteiger partial charge < -0.3 is 0 Å². The SMILES string of the molecule is Cc1cc2c(ccc3c(-c4cc(C(C)(C)C)c5ccccc5c4)nccc32)c(C2CCC(C)(C)CC2)n1. The summed E-state index contributed by atoms with van der Waals surface area (Å²) >= 11 is 0. The van der Waals surface area contributed by atoms with Crippen LogP contribution in [0.4, 0.5) is 0 Å². The van der Waals surface area contributed by atoms with Crippen LogP contribution in [0.2, 0.25) is 0 Å². The second-order valence-electron chi connectivity index (χ2n) is 13.0. The topological polar surface area (TPSA) is 25.8 Å². The highest BCUT2D eigenvalue weighted by Crippen LogP contribution is 2.45. The maximum Gasteiger partial charge on any atom is 0.0780 e. The van der Waals surface area contributed by atoms with E-state index in [-0.39, 0.29) is 5.41 Å². The number of aromatic nitrogens is 2. The monoisotopic (exact) mass is 486 g/mol. The predicted octanol–water partition coefficient (Wildman–Crippen LogP) is 9.89. The fourth-order valence-corrected chi connectivity index (χ4v) is 6.43. The van der Waals surface area contributed by atoms with E-state index in [1.165, 1.54) is 74.8 Å². The molecule has 2 heterocycles. The molecular formula is C35H38N2. The fourth-order valence-electron chi connectivity index (χ4n) is 6.43. The summed E-state index contributed by atoms with van der Waals surface area (Å²) in [6.07, 6.45) is 6.99. The molecule has 2 nitrogen and oxygen atoms in total. The van der Waals surface area contributed by atoms with E-state index < -0.39 is 0 Å². The number of nitrogens with zero attached hydrogens (tertiary/aromatic N) is 2. The van der Waals surface area contributed by atoms with Crippen molar-refractivity contribution in [3.63, 3.8) is 0 Å². The summed E-state index contributed by atoms with van der Waals surface area (Å²) in [6, 6.07) is 22.5. The minimum absolute atomic E-state index is 0.0408. The van der Waals surface area contributed by atoms with Crippen molar-refractivity contribution in [1.82, 2.24) is 9.97 Å². The van der Waals surface area contributed by atoms with Crippen LogP contribution < -0.4 is 0 Å². The van der Waals surface area contributed by atoms with Crippen LogP contribution in [0.1, 0.15) is 83.2 Å². The summed E-state index contributed by atoms with van der Waals surface area (Å²) in [6.45, 7) is 13.9. The van der Waals surface area contributed by atoms with Crippen molar-refractivity contribution in [2.75, 3.05) is 0 Å². The van der Waals surface area contributed by atoms with Gasteiger partial charge in [-0.3, -0.25) is 9.97 Å². The van der Waals surface area contributed by atoms with Gasteiger partial charge in [-0.15, -0.1) is 0 Å². The summed E-state index contributed by atoms with van der Waals surface area (Å²) in [4.78, 5) is 10.1. The molecule has 6 rings (SSSR count). The molecule has 37 heavy (non-hydrogen) atoms. The lowest BCUT2D eigenvalue weighted by Crippen LogP contribution is -2.21. The molecule has 0 spiro atoms. The average Bonchev–Trinajstić information content (AvgIpc) is 2.86. The minimum atomic E-state index is 0.0408. The van der Waals surface area contributed by atoms with Crippen LogP contribution in [-0.4, -0.2) is 9.97 Å². The Morgan fingerprint density at radius 3 is 2.27 bits per heavy atom. The minimum Gasteiger partial charge on any atom is -0.257 e. The molecule has 188 valence electrons. The molecule has 1 saturated carbocycles. The molecule has 0 atom stereocenters. The molecule has 1 fully saturated rings. The number of pyridine rings is 2. The molecule has 0 radical (unpaired) electrons. The Bertz CT molecular complexity index is 1640. The van der Waals surface area contributed by atoms with Crippen LogP contribution in [0.5, 0.6) is 0 Å². The largest absolute Gasteiger partial charge is 0.257 e. The third-order valence-electron chi connectivity index (χ3n) is 8.58. The first-order valence-electron chi connectivity index (χ1n) is 13.8. The molecule has 0 N–H and O–H groups in total. The van der Waals surface area contributed by atoms with Crippen molar-refractivity contribution in [3.8, 4) is 11.3 Å². The number of fused-ring (bicyclic) bond motifs is 4. The molecule has 0 amide bonds. The van der Waals surface area contributed by atoms with Gasteiger partial charge in [0, 0.05) is 34.1 Å². The normalized spacial score (nSPS) is 16.6. The Balaban J connectivity index is 1.56. The Morgan fingerprint density at radius 1 is 0.784 bits per heavy atom. The number of aryl methyl sites for hydroxylation is 1. The van der Waals surface area contributed by atoms with E-state index in [0.717, 1.165) is 11.4 Å². The molecule has 0 saturated heterocycles. The zero-order valence-corrected chi connectivity index (χ0v) is 23.2. The maximum absolute atomic E-state index is 5.12. The summed E-state index contributed by atoms with van der Waals surface area (Å²) in [5.74, 6) is 0.545. The van der Waals surface area contributed by atoms with Crippen molar-refractivity contribution in [2.24, 2.45) is 5.41 Å². The maximum atomic E-state index is 5.12. The van der Waals surface area contributed by atoms with Gasteiger partial charge >= 0.3 is 0 Å². The lowest BCUT2D eigenvalue weighted by Gasteiger charge is -2.34. The number of benzene rings is 3. The van der Waals surface area contributed by atoms with Gasteiger partial charge in [0.25, 0.3) is 0 Å². The summed E-state index contributed by atoms with van der Waals surface area (Å²) in [7, 11) is 0. The molecule has 1 aliphatic carbocycles. The van der Waals surface area contributed by atoms with E-state index in [1.807, 2.05) is 6.20 Å². The van der Waals surface area contributed by atoms with Crippen molar-refractivity contribution >= 4 is 32.3 Å². The fraction of sp³-hybridized carbons (Fsp3) is 0.371. The van der Waals surface area contributed by atoms with E-state index in [2.05, 4.69) is 102 Å². The highest BCUT2D eigenvalue weighted by Gasteiger charge is 2.29. The van der Waals surface area contributed by atoms with Gasteiger partial charge in [-0.05, 0) is 94.8 Å². The van der Waals surface area contributed by atoms with Gasteiger partial charge in [0.05, 0.1) is 11.4 Å². The van der Waals surface area contributed by atoms with Crippen LogP contribution in [-0.2, 0) is 5.41 Å². The van der Waals surface area contributed by atoms with Crippen LogP contribution in [0.3, 0.4) is 0 Å². The van der Waals surface area contributed by atoms with Crippen molar-refractivity contribution in [2.45, 2.75) is 78.6 Å². The van der Waals surface area contributed by atoms with Crippen molar-refractivity contribution < 1.29 is 0 Å². The number of hydrogen-bond donors (Lipinski definition) is 0. The molecule has 3 aromatic carbocycles. The third kappa shape index (κ3) is 4.31. The molecule has 2 aromatic heterocycles. The quantitative estimate of drug-likeness (QED) is 0.232. The van der Waals surface area contributed by atoms with E-state index in [0.29, 0.717) is 11.3 Å². The van der Waals surface area contributed by atoms with Gasteiger partial charge in [0.1, 0.15) is 0 Å². The summed E-state index contributed by atoms with van der Waals surface area (Å²) < 4.78 is 0. The van der Waals surface area contributed by atoms with Crippen LogP contribution in [0.15, 0.2) is 66.9 Å². The lowest BCUT2D eigenvalue weighted by atomic mass is 9.71. The molecule has 2 heteroatoms. The summed E-state index contributed by atoms with van der Waals surface area (Å²) in [5.41, 5.74) is 6.52. The molecule has 0 unspecified atom stereocenters. The smallest absolute Gasteiger partial charge is 0.0780 e. The van der Waals surface area contributed by atoms with Gasteiger partial charge in [-0.25, -0.2) is 0 Å². The van der Waals surface area contributed by atoms with E-state index in [4.69, 9.17) is 9.97 Å². The molecule has 1 aliphatic rings. The third-order valence-corrected chi connectivity index (χ3v) is 8.58. The average molecular weight is 487 g/mol. The molecule has 5 aromatic rings. The van der Waals surface area contributed by atoms with E-state index >= 15 is 0 Å². The van der Waals surface area contributed by atoms with Gasteiger partial charge in [-0.1, -0.05) is 71.0 Å². The Hall–Kier alpha value is -3.26. The van der Waals surface area contributed by atoms with Crippen molar-refractivity contribution in [3.05, 3.63) is 83.8 Å².